The molecule has 0 fully saturated rings. The second-order valence-electron chi connectivity index (χ2n) is 21.8. The molecule has 9 heteroatoms. The molecule has 0 aliphatic carbocycles. The molecule has 0 unspecified atom stereocenters. The van der Waals surface area contributed by atoms with Gasteiger partial charge in [0.2, 0.25) is 0 Å². The second-order valence-corrected chi connectivity index (χ2v) is 21.8. The summed E-state index contributed by atoms with van der Waals surface area (Å²) in [6.45, 7) is 22.8. The first-order valence-corrected chi connectivity index (χ1v) is 27.1. The fourth-order valence-electron chi connectivity index (χ4n) is 9.05. The quantitative estimate of drug-likeness (QED) is 0.0435. The standard InChI is InChI=1S/C63H81N3O6/c1-43(2)13-10-16-46(7)31-34-67-55-25-19-49(20-26-55)58-40-61(70-64-58)52-37-53(62-41-59(65-71-62)50-21-27-56(28-22-50)68-35-32-47(8)17-11-14-44(3)4)39-54(38-52)63-42-60(66-72-63)51-23-29-57(30-24-51)69-36-33-48(9)18-12-15-45(5)6/h19-30,37-48H,10-18,31-36H2,1-9H3/t46-,47-,48-/m1/s1. The number of hydrogen-bond donors (Lipinski definition) is 0. The van der Waals surface area contributed by atoms with E-state index in [-0.39, 0.29) is 0 Å². The molecule has 0 saturated carbocycles. The highest BCUT2D eigenvalue weighted by Crippen LogP contribution is 2.38. The van der Waals surface area contributed by atoms with Gasteiger partial charge in [-0.25, -0.2) is 0 Å². The van der Waals surface area contributed by atoms with Crippen molar-refractivity contribution >= 4 is 0 Å². The van der Waals surface area contributed by atoms with Crippen LogP contribution in [0.4, 0.5) is 0 Å². The van der Waals surface area contributed by atoms with E-state index in [1.807, 2.05) is 109 Å². The number of rotatable bonds is 30. The van der Waals surface area contributed by atoms with E-state index < -0.39 is 0 Å². The average Bonchev–Trinajstić information content (AvgIpc) is 4.18. The zero-order chi connectivity index (χ0) is 50.8. The molecule has 0 spiro atoms. The number of nitrogens with zero attached hydrogens (tertiary/aromatic N) is 3. The Hall–Kier alpha value is -6.09. The van der Waals surface area contributed by atoms with Crippen LogP contribution in [0.25, 0.3) is 67.7 Å². The highest BCUT2D eigenvalue weighted by atomic mass is 16.5. The zero-order valence-electron chi connectivity index (χ0n) is 44.8. The minimum Gasteiger partial charge on any atom is -0.494 e. The van der Waals surface area contributed by atoms with Gasteiger partial charge in [0.1, 0.15) is 34.3 Å². The molecule has 3 aromatic heterocycles. The molecular formula is C63H81N3O6. The lowest BCUT2D eigenvalue weighted by Crippen LogP contribution is -2.04. The van der Waals surface area contributed by atoms with E-state index in [2.05, 4.69) is 77.8 Å². The van der Waals surface area contributed by atoms with Gasteiger partial charge in [-0.15, -0.1) is 0 Å². The van der Waals surface area contributed by atoms with Crippen LogP contribution in [0, 0.1) is 35.5 Å². The molecule has 4 aromatic carbocycles. The number of hydrogen-bond acceptors (Lipinski definition) is 9. The smallest absolute Gasteiger partial charge is 0.167 e. The molecule has 7 rings (SSSR count). The van der Waals surface area contributed by atoms with Crippen molar-refractivity contribution in [3.05, 3.63) is 109 Å². The third-order valence-corrected chi connectivity index (χ3v) is 13.8. The molecule has 7 aromatic rings. The highest BCUT2D eigenvalue weighted by molar-refractivity contribution is 5.80. The molecule has 0 aliphatic heterocycles. The SMILES string of the molecule is CC(C)CCC[C@@H](C)CCOc1ccc(-c2cc(-c3cc(-c4cc(-c5ccc(OCC[C@H](C)CCCC(C)C)cc5)no4)cc(-c4cc(-c5ccc(OCC[C@H](C)CCCC(C)C)cc5)no4)c3)on2)cc1. The van der Waals surface area contributed by atoms with Crippen LogP contribution in [-0.4, -0.2) is 35.3 Å². The van der Waals surface area contributed by atoms with Gasteiger partial charge in [-0.05, 0) is 146 Å². The van der Waals surface area contributed by atoms with E-state index in [1.165, 1.54) is 57.8 Å². The Labute approximate surface area is 430 Å². The van der Waals surface area contributed by atoms with Crippen LogP contribution in [0.2, 0.25) is 0 Å². The Bertz CT molecular complexity index is 2340. The summed E-state index contributed by atoms with van der Waals surface area (Å²) < 4.78 is 36.6. The molecule has 9 nitrogen and oxygen atoms in total. The summed E-state index contributed by atoms with van der Waals surface area (Å²) >= 11 is 0. The topological polar surface area (TPSA) is 106 Å². The first-order valence-electron chi connectivity index (χ1n) is 27.1. The zero-order valence-corrected chi connectivity index (χ0v) is 44.8. The van der Waals surface area contributed by atoms with E-state index in [1.54, 1.807) is 0 Å². The third-order valence-electron chi connectivity index (χ3n) is 13.8. The Kier molecular flexibility index (Phi) is 20.2. The lowest BCUT2D eigenvalue weighted by molar-refractivity contribution is 0.275. The number of benzene rings is 4. The van der Waals surface area contributed by atoms with Crippen molar-refractivity contribution in [2.24, 2.45) is 35.5 Å². The Morgan fingerprint density at radius 2 is 0.583 bits per heavy atom. The largest absolute Gasteiger partial charge is 0.494 e. The predicted octanol–water partition coefficient (Wildman–Crippen LogP) is 18.3. The summed E-state index contributed by atoms with van der Waals surface area (Å²) in [4.78, 5) is 0. The fraction of sp³-hybridized carbons (Fsp3) is 0.476. The Balaban J connectivity index is 1.06. The summed E-state index contributed by atoms with van der Waals surface area (Å²) in [6.07, 6.45) is 14.5. The van der Waals surface area contributed by atoms with Gasteiger partial charge in [0.25, 0.3) is 0 Å². The Morgan fingerprint density at radius 1 is 0.319 bits per heavy atom. The molecule has 0 amide bonds. The van der Waals surface area contributed by atoms with Crippen molar-refractivity contribution in [1.82, 2.24) is 15.5 Å². The second kappa shape index (κ2) is 27.1. The third kappa shape index (κ3) is 16.7. The Morgan fingerprint density at radius 3 is 0.833 bits per heavy atom. The molecule has 384 valence electrons. The molecular weight excluding hydrogens is 895 g/mol. The minimum atomic E-state index is 0.598. The van der Waals surface area contributed by atoms with Crippen molar-refractivity contribution in [2.75, 3.05) is 19.8 Å². The maximum atomic E-state index is 6.14. The van der Waals surface area contributed by atoms with Crippen molar-refractivity contribution in [3.63, 3.8) is 0 Å². The average molecular weight is 976 g/mol. The van der Waals surface area contributed by atoms with Crippen molar-refractivity contribution in [1.29, 1.82) is 0 Å². The van der Waals surface area contributed by atoms with Crippen LogP contribution in [0.1, 0.15) is 139 Å². The fourth-order valence-corrected chi connectivity index (χ4v) is 9.05. The molecule has 0 bridgehead atoms. The molecule has 72 heavy (non-hydrogen) atoms. The van der Waals surface area contributed by atoms with Gasteiger partial charge < -0.3 is 27.8 Å². The van der Waals surface area contributed by atoms with Gasteiger partial charge in [0.15, 0.2) is 17.3 Å². The first kappa shape index (κ1) is 53.7. The maximum absolute atomic E-state index is 6.14. The van der Waals surface area contributed by atoms with Crippen molar-refractivity contribution in [2.45, 2.75) is 139 Å². The highest BCUT2D eigenvalue weighted by Gasteiger charge is 2.19. The molecule has 0 saturated heterocycles. The monoisotopic (exact) mass is 976 g/mol. The minimum absolute atomic E-state index is 0.598. The van der Waals surface area contributed by atoms with Gasteiger partial charge in [0.05, 0.1) is 19.8 Å². The van der Waals surface area contributed by atoms with Gasteiger partial charge in [0, 0.05) is 51.6 Å². The van der Waals surface area contributed by atoms with E-state index in [4.69, 9.17) is 27.8 Å². The maximum Gasteiger partial charge on any atom is 0.167 e. The van der Waals surface area contributed by atoms with E-state index in [9.17, 15) is 0 Å². The molecule has 3 atom stereocenters. The van der Waals surface area contributed by atoms with Crippen molar-refractivity contribution < 1.29 is 27.8 Å². The van der Waals surface area contributed by atoms with Crippen LogP contribution in [0.15, 0.2) is 123 Å². The summed E-state index contributed by atoms with van der Waals surface area (Å²) in [5, 5.41) is 13.5. The first-order chi connectivity index (χ1) is 34.8. The summed E-state index contributed by atoms with van der Waals surface area (Å²) in [6, 6.07) is 36.2. The number of aromatic nitrogens is 3. The van der Waals surface area contributed by atoms with Crippen LogP contribution in [-0.2, 0) is 0 Å². The predicted molar refractivity (Wildman–Crippen MR) is 293 cm³/mol. The van der Waals surface area contributed by atoms with Gasteiger partial charge >= 0.3 is 0 Å². The summed E-state index contributed by atoms with van der Waals surface area (Å²) in [5.74, 6) is 8.53. The number of ether oxygens (including phenoxy) is 3. The lowest BCUT2D eigenvalue weighted by atomic mass is 9.98. The normalized spacial score (nSPS) is 13.0. The molecule has 0 N–H and O–H groups in total. The molecule has 0 aliphatic rings. The van der Waals surface area contributed by atoms with E-state index in [0.717, 1.165) is 105 Å². The van der Waals surface area contributed by atoms with E-state index in [0.29, 0.717) is 54.9 Å². The summed E-state index contributed by atoms with van der Waals surface area (Å²) in [7, 11) is 0. The van der Waals surface area contributed by atoms with E-state index >= 15 is 0 Å². The lowest BCUT2D eigenvalue weighted by Gasteiger charge is -2.13. The molecule has 0 radical (unpaired) electrons. The van der Waals surface area contributed by atoms with Gasteiger partial charge in [-0.1, -0.05) is 136 Å². The van der Waals surface area contributed by atoms with Crippen molar-refractivity contribution in [3.8, 4) is 85.0 Å². The van der Waals surface area contributed by atoms with Gasteiger partial charge in [-0.3, -0.25) is 0 Å². The summed E-state index contributed by atoms with van der Waals surface area (Å²) in [5.41, 5.74) is 7.35. The van der Waals surface area contributed by atoms with Gasteiger partial charge in [-0.2, -0.15) is 0 Å². The van der Waals surface area contributed by atoms with Crippen LogP contribution in [0.3, 0.4) is 0 Å². The van der Waals surface area contributed by atoms with Crippen LogP contribution >= 0.6 is 0 Å². The molecule has 3 heterocycles. The van der Waals surface area contributed by atoms with Crippen LogP contribution < -0.4 is 14.2 Å². The van der Waals surface area contributed by atoms with Crippen LogP contribution in [0.5, 0.6) is 17.2 Å².